The first-order valence-corrected chi connectivity index (χ1v) is 11.0. The topological polar surface area (TPSA) is 50.8 Å². The Morgan fingerprint density at radius 2 is 1.75 bits per heavy atom. The summed E-state index contributed by atoms with van der Waals surface area (Å²) in [6, 6.07) is 26.3. The molecule has 0 radical (unpaired) electrons. The molecule has 3 aromatic rings. The van der Waals surface area contributed by atoms with Gasteiger partial charge in [0.15, 0.2) is 6.79 Å². The average Bonchev–Trinajstić information content (AvgIpc) is 2.82. The molecule has 1 N–H and O–H groups in total. The highest BCUT2D eigenvalue weighted by Crippen LogP contribution is 2.34. The summed E-state index contributed by atoms with van der Waals surface area (Å²) in [5, 5.41) is 3.21. The molecule has 1 aliphatic heterocycles. The molecule has 1 heterocycles. The summed E-state index contributed by atoms with van der Waals surface area (Å²) in [5.41, 5.74) is 3.79. The normalized spacial score (nSPS) is 18.1. The number of carbonyl (C=O) groups is 1. The molecule has 5 nitrogen and oxygen atoms in total. The quantitative estimate of drug-likeness (QED) is 0.493. The Labute approximate surface area is 190 Å². The smallest absolute Gasteiger partial charge is 0.244 e. The summed E-state index contributed by atoms with van der Waals surface area (Å²) in [6.07, 6.45) is 1.62. The van der Waals surface area contributed by atoms with Gasteiger partial charge in [0.25, 0.3) is 0 Å². The van der Waals surface area contributed by atoms with E-state index in [9.17, 15) is 4.79 Å². The predicted octanol–water partition coefficient (Wildman–Crippen LogP) is 4.86. The van der Waals surface area contributed by atoms with E-state index in [1.54, 1.807) is 7.11 Å². The fourth-order valence-electron chi connectivity index (χ4n) is 4.07. The minimum atomic E-state index is -0.538. The number of carbonyl (C=O) groups excluding carboxylic acids is 1. The number of amides is 1. The maximum Gasteiger partial charge on any atom is 0.244 e. The number of nitrogens with zero attached hydrogens (tertiary/aromatic N) is 1. The number of rotatable bonds is 9. The number of benzene rings is 3. The van der Waals surface area contributed by atoms with Crippen LogP contribution >= 0.6 is 0 Å². The first-order valence-electron chi connectivity index (χ1n) is 11.0. The average molecular weight is 431 g/mol. The Kier molecular flexibility index (Phi) is 6.88. The number of ether oxygens (including phenoxy) is 2. The van der Waals surface area contributed by atoms with Crippen LogP contribution in [-0.2, 0) is 22.5 Å². The van der Waals surface area contributed by atoms with Crippen molar-refractivity contribution in [1.82, 2.24) is 4.90 Å². The van der Waals surface area contributed by atoms with E-state index in [-0.39, 0.29) is 12.7 Å². The molecule has 1 aliphatic rings. The molecule has 5 heteroatoms. The molecule has 0 aromatic heterocycles. The molecule has 166 valence electrons. The molecule has 1 atom stereocenters. The Balaban J connectivity index is 1.44. The second kappa shape index (κ2) is 9.98. The highest BCUT2D eigenvalue weighted by Gasteiger charge is 2.46. The van der Waals surface area contributed by atoms with Gasteiger partial charge in [-0.3, -0.25) is 9.69 Å². The van der Waals surface area contributed by atoms with Crippen LogP contribution in [0.3, 0.4) is 0 Å². The van der Waals surface area contributed by atoms with Crippen LogP contribution in [0.15, 0.2) is 78.9 Å². The van der Waals surface area contributed by atoms with Crippen LogP contribution in [0, 0.1) is 0 Å². The number of anilines is 1. The highest BCUT2D eigenvalue weighted by atomic mass is 16.7. The third kappa shape index (κ3) is 5.01. The van der Waals surface area contributed by atoms with Crippen molar-refractivity contribution in [2.24, 2.45) is 0 Å². The van der Waals surface area contributed by atoms with Gasteiger partial charge in [0, 0.05) is 25.9 Å². The SMILES string of the molecule is COCOc1cccc(CN2CCC2(C)C(=O)Nc2ccccc2Cc2ccccc2)c1. The van der Waals surface area contributed by atoms with Crippen LogP contribution in [0.4, 0.5) is 5.69 Å². The number of likely N-dealkylation sites (tertiary alicyclic amines) is 1. The van der Waals surface area contributed by atoms with Crippen LogP contribution in [0.5, 0.6) is 5.75 Å². The largest absolute Gasteiger partial charge is 0.468 e. The molecule has 1 unspecified atom stereocenters. The minimum Gasteiger partial charge on any atom is -0.468 e. The van der Waals surface area contributed by atoms with E-state index in [1.165, 1.54) is 5.56 Å². The van der Waals surface area contributed by atoms with E-state index in [0.717, 1.165) is 42.0 Å². The van der Waals surface area contributed by atoms with E-state index in [4.69, 9.17) is 9.47 Å². The number of nitrogens with one attached hydrogen (secondary N) is 1. The van der Waals surface area contributed by atoms with Gasteiger partial charge in [-0.25, -0.2) is 0 Å². The number of hydrogen-bond donors (Lipinski definition) is 1. The minimum absolute atomic E-state index is 0.0380. The molecule has 0 spiro atoms. The molecule has 1 fully saturated rings. The predicted molar refractivity (Wildman–Crippen MR) is 127 cm³/mol. The summed E-state index contributed by atoms with van der Waals surface area (Å²) >= 11 is 0. The van der Waals surface area contributed by atoms with Gasteiger partial charge in [-0.2, -0.15) is 0 Å². The molecular formula is C27H30N2O3. The van der Waals surface area contributed by atoms with E-state index in [0.29, 0.717) is 6.54 Å². The van der Waals surface area contributed by atoms with Crippen molar-refractivity contribution in [3.05, 3.63) is 95.6 Å². The van der Waals surface area contributed by atoms with Crippen molar-refractivity contribution in [3.8, 4) is 5.75 Å². The van der Waals surface area contributed by atoms with Gasteiger partial charge in [0.1, 0.15) is 5.75 Å². The van der Waals surface area contributed by atoms with Gasteiger partial charge < -0.3 is 14.8 Å². The number of hydrogen-bond acceptors (Lipinski definition) is 4. The Morgan fingerprint density at radius 1 is 1.00 bits per heavy atom. The van der Waals surface area contributed by atoms with E-state index >= 15 is 0 Å². The van der Waals surface area contributed by atoms with Crippen LogP contribution < -0.4 is 10.1 Å². The van der Waals surface area contributed by atoms with Gasteiger partial charge in [-0.15, -0.1) is 0 Å². The van der Waals surface area contributed by atoms with Gasteiger partial charge in [0.2, 0.25) is 5.91 Å². The van der Waals surface area contributed by atoms with Crippen LogP contribution in [0.25, 0.3) is 0 Å². The fraction of sp³-hybridized carbons (Fsp3) is 0.296. The van der Waals surface area contributed by atoms with E-state index in [2.05, 4.69) is 34.5 Å². The summed E-state index contributed by atoms with van der Waals surface area (Å²) in [6.45, 7) is 3.82. The summed E-state index contributed by atoms with van der Waals surface area (Å²) < 4.78 is 10.5. The monoisotopic (exact) mass is 430 g/mol. The van der Waals surface area contributed by atoms with E-state index < -0.39 is 5.54 Å². The van der Waals surface area contributed by atoms with Gasteiger partial charge in [-0.05, 0) is 54.7 Å². The van der Waals surface area contributed by atoms with Crippen molar-refractivity contribution >= 4 is 11.6 Å². The molecular weight excluding hydrogens is 400 g/mol. The van der Waals surface area contributed by atoms with E-state index in [1.807, 2.05) is 61.5 Å². The van der Waals surface area contributed by atoms with Crippen LogP contribution in [0.1, 0.15) is 30.0 Å². The van der Waals surface area contributed by atoms with Crippen molar-refractivity contribution in [3.63, 3.8) is 0 Å². The lowest BCUT2D eigenvalue weighted by Crippen LogP contribution is -2.63. The van der Waals surface area contributed by atoms with Gasteiger partial charge in [-0.1, -0.05) is 60.7 Å². The summed E-state index contributed by atoms with van der Waals surface area (Å²) in [7, 11) is 1.60. The maximum absolute atomic E-state index is 13.3. The maximum atomic E-state index is 13.3. The first-order chi connectivity index (χ1) is 15.6. The fourth-order valence-corrected chi connectivity index (χ4v) is 4.07. The second-order valence-electron chi connectivity index (χ2n) is 8.42. The zero-order chi connectivity index (χ0) is 22.4. The van der Waals surface area contributed by atoms with Gasteiger partial charge in [0.05, 0.1) is 5.54 Å². The third-order valence-electron chi connectivity index (χ3n) is 6.17. The number of methoxy groups -OCH3 is 1. The molecule has 1 amide bonds. The van der Waals surface area contributed by atoms with Crippen molar-refractivity contribution in [1.29, 1.82) is 0 Å². The second-order valence-corrected chi connectivity index (χ2v) is 8.42. The lowest BCUT2D eigenvalue weighted by Gasteiger charge is -2.49. The zero-order valence-corrected chi connectivity index (χ0v) is 18.7. The molecule has 0 aliphatic carbocycles. The molecule has 0 saturated carbocycles. The van der Waals surface area contributed by atoms with Crippen molar-refractivity contribution in [2.75, 3.05) is 25.8 Å². The van der Waals surface area contributed by atoms with Crippen LogP contribution in [0.2, 0.25) is 0 Å². The lowest BCUT2D eigenvalue weighted by molar-refractivity contribution is -0.136. The third-order valence-corrected chi connectivity index (χ3v) is 6.17. The Hall–Kier alpha value is -3.15. The molecule has 4 rings (SSSR count). The van der Waals surface area contributed by atoms with Crippen molar-refractivity contribution in [2.45, 2.75) is 31.8 Å². The zero-order valence-electron chi connectivity index (χ0n) is 18.7. The standard InChI is InChI=1S/C27H30N2O3/c1-27(15-16-29(27)19-22-11-8-13-24(18-22)32-20-31-2)26(30)28-25-14-7-6-12-23(25)17-21-9-4-3-5-10-21/h3-14,18H,15-17,19-20H2,1-2H3,(H,28,30). The molecule has 3 aromatic carbocycles. The van der Waals surface area contributed by atoms with Crippen LogP contribution in [-0.4, -0.2) is 36.8 Å². The molecule has 1 saturated heterocycles. The molecule has 32 heavy (non-hydrogen) atoms. The summed E-state index contributed by atoms with van der Waals surface area (Å²) in [4.78, 5) is 15.6. The van der Waals surface area contributed by atoms with Crippen molar-refractivity contribution < 1.29 is 14.3 Å². The number of para-hydroxylation sites is 1. The summed E-state index contributed by atoms with van der Waals surface area (Å²) in [5.74, 6) is 0.807. The molecule has 0 bridgehead atoms. The van der Waals surface area contributed by atoms with Gasteiger partial charge >= 0.3 is 0 Å². The Bertz CT molecular complexity index is 1050. The Morgan fingerprint density at radius 3 is 2.50 bits per heavy atom. The lowest BCUT2D eigenvalue weighted by atomic mass is 9.84. The first kappa shape index (κ1) is 22.1. The highest BCUT2D eigenvalue weighted by molar-refractivity contribution is 5.99.